The van der Waals surface area contributed by atoms with Gasteiger partial charge < -0.3 is 10.5 Å². The molecule has 0 aliphatic heterocycles. The Morgan fingerprint density at radius 3 is 2.63 bits per heavy atom. The smallest absolute Gasteiger partial charge is 0.230 e. The van der Waals surface area contributed by atoms with E-state index in [1.54, 1.807) is 12.1 Å². The van der Waals surface area contributed by atoms with E-state index in [-0.39, 0.29) is 4.99 Å². The maximum absolute atomic E-state index is 6.07. The summed E-state index contributed by atoms with van der Waals surface area (Å²) in [6, 6.07) is 9.10. The second-order valence-electron chi connectivity index (χ2n) is 4.16. The zero-order chi connectivity index (χ0) is 14.0. The van der Waals surface area contributed by atoms with Crippen molar-refractivity contribution in [2.75, 3.05) is 0 Å². The number of aryl methyl sites for hydroxylation is 2. The van der Waals surface area contributed by atoms with E-state index in [1.165, 1.54) is 0 Å². The number of halogens is 1. The summed E-state index contributed by atoms with van der Waals surface area (Å²) in [4.78, 5) is 4.60. The molecule has 0 atom stereocenters. The molecule has 0 amide bonds. The first-order valence-corrected chi connectivity index (χ1v) is 6.48. The fourth-order valence-electron chi connectivity index (χ4n) is 1.81. The highest BCUT2D eigenvalue weighted by Gasteiger charge is 2.14. The van der Waals surface area contributed by atoms with Gasteiger partial charge in [-0.1, -0.05) is 36.0 Å². The topological polar surface area (TPSA) is 48.1 Å². The SMILES string of the molecule is Cc1cc(C)c(C(N)=S)c(Oc2ccccc2Cl)n1. The van der Waals surface area contributed by atoms with Crippen LogP contribution in [0.25, 0.3) is 0 Å². The molecule has 0 fully saturated rings. The second kappa shape index (κ2) is 5.55. The van der Waals surface area contributed by atoms with Crippen LogP contribution in [0.2, 0.25) is 5.02 Å². The van der Waals surface area contributed by atoms with E-state index in [4.69, 9.17) is 34.3 Å². The zero-order valence-electron chi connectivity index (χ0n) is 10.6. The average molecular weight is 293 g/mol. The fourth-order valence-corrected chi connectivity index (χ4v) is 2.23. The van der Waals surface area contributed by atoms with E-state index in [1.807, 2.05) is 32.0 Å². The molecule has 2 N–H and O–H groups in total. The maximum Gasteiger partial charge on any atom is 0.230 e. The Morgan fingerprint density at radius 2 is 2.00 bits per heavy atom. The van der Waals surface area contributed by atoms with E-state index in [9.17, 15) is 0 Å². The predicted molar refractivity (Wildman–Crippen MR) is 81.1 cm³/mol. The summed E-state index contributed by atoms with van der Waals surface area (Å²) in [6.45, 7) is 3.80. The summed E-state index contributed by atoms with van der Waals surface area (Å²) in [6.07, 6.45) is 0. The Labute approximate surface area is 122 Å². The van der Waals surface area contributed by atoms with E-state index in [0.717, 1.165) is 11.3 Å². The minimum absolute atomic E-state index is 0.257. The van der Waals surface area contributed by atoms with Gasteiger partial charge in [-0.3, -0.25) is 0 Å². The molecule has 0 spiro atoms. The lowest BCUT2D eigenvalue weighted by molar-refractivity contribution is 0.460. The van der Waals surface area contributed by atoms with E-state index >= 15 is 0 Å². The van der Waals surface area contributed by atoms with Gasteiger partial charge in [-0.2, -0.15) is 0 Å². The molecule has 0 aliphatic carbocycles. The molecule has 98 valence electrons. The molecule has 5 heteroatoms. The van der Waals surface area contributed by atoms with Crippen molar-refractivity contribution in [3.63, 3.8) is 0 Å². The fraction of sp³-hybridized carbons (Fsp3) is 0.143. The molecule has 1 heterocycles. The number of ether oxygens (including phenoxy) is 1. The first-order valence-electron chi connectivity index (χ1n) is 5.69. The molecule has 19 heavy (non-hydrogen) atoms. The maximum atomic E-state index is 6.07. The molecule has 1 aromatic carbocycles. The minimum atomic E-state index is 0.257. The molecule has 0 aliphatic rings. The lowest BCUT2D eigenvalue weighted by Crippen LogP contribution is -2.14. The van der Waals surface area contributed by atoms with Crippen molar-refractivity contribution in [3.8, 4) is 11.6 Å². The van der Waals surface area contributed by atoms with Gasteiger partial charge in [0.25, 0.3) is 0 Å². The van der Waals surface area contributed by atoms with Crippen molar-refractivity contribution >= 4 is 28.8 Å². The van der Waals surface area contributed by atoms with Crippen molar-refractivity contribution in [1.82, 2.24) is 4.98 Å². The number of thiocarbonyl (C=S) groups is 1. The van der Waals surface area contributed by atoms with Crippen molar-refractivity contribution < 1.29 is 4.74 Å². The number of pyridine rings is 1. The third-order valence-electron chi connectivity index (χ3n) is 2.60. The lowest BCUT2D eigenvalue weighted by Gasteiger charge is -2.13. The molecule has 3 nitrogen and oxygen atoms in total. The third kappa shape index (κ3) is 3.03. The number of nitrogens with zero attached hydrogens (tertiary/aromatic N) is 1. The highest BCUT2D eigenvalue weighted by atomic mass is 35.5. The van der Waals surface area contributed by atoms with Crippen LogP contribution in [0, 0.1) is 13.8 Å². The summed E-state index contributed by atoms with van der Waals surface area (Å²) < 4.78 is 5.75. The van der Waals surface area contributed by atoms with E-state index in [0.29, 0.717) is 22.2 Å². The quantitative estimate of drug-likeness (QED) is 0.875. The van der Waals surface area contributed by atoms with Gasteiger partial charge in [0.2, 0.25) is 5.88 Å². The van der Waals surface area contributed by atoms with Gasteiger partial charge in [0.1, 0.15) is 10.7 Å². The first kappa shape index (κ1) is 13.8. The van der Waals surface area contributed by atoms with Crippen LogP contribution >= 0.6 is 23.8 Å². The molecule has 1 aromatic heterocycles. The number of rotatable bonds is 3. The lowest BCUT2D eigenvalue weighted by atomic mass is 10.1. The summed E-state index contributed by atoms with van der Waals surface area (Å²) in [7, 11) is 0. The highest BCUT2D eigenvalue weighted by molar-refractivity contribution is 7.80. The summed E-state index contributed by atoms with van der Waals surface area (Å²) in [5.41, 5.74) is 8.14. The van der Waals surface area contributed by atoms with Crippen LogP contribution in [0.5, 0.6) is 11.6 Å². The van der Waals surface area contributed by atoms with Crippen molar-refractivity contribution in [2.24, 2.45) is 5.73 Å². The van der Waals surface area contributed by atoms with Gasteiger partial charge in [-0.05, 0) is 37.6 Å². The number of hydrogen-bond acceptors (Lipinski definition) is 3. The van der Waals surface area contributed by atoms with Gasteiger partial charge in [-0.25, -0.2) is 4.98 Å². The van der Waals surface area contributed by atoms with Crippen LogP contribution in [0.3, 0.4) is 0 Å². The monoisotopic (exact) mass is 292 g/mol. The van der Waals surface area contributed by atoms with Crippen LogP contribution in [-0.2, 0) is 0 Å². The van der Waals surface area contributed by atoms with Gasteiger partial charge in [0.05, 0.1) is 10.6 Å². The van der Waals surface area contributed by atoms with E-state index in [2.05, 4.69) is 4.98 Å². The Balaban J connectivity index is 2.51. The summed E-state index contributed by atoms with van der Waals surface area (Å²) >= 11 is 11.1. The number of hydrogen-bond donors (Lipinski definition) is 1. The van der Waals surface area contributed by atoms with Crippen LogP contribution in [0.1, 0.15) is 16.8 Å². The molecule has 0 bridgehead atoms. The Hall–Kier alpha value is -1.65. The minimum Gasteiger partial charge on any atom is -0.437 e. The zero-order valence-corrected chi connectivity index (χ0v) is 12.2. The normalized spacial score (nSPS) is 10.3. The molecule has 2 aromatic rings. The molecule has 0 radical (unpaired) electrons. The molecule has 0 unspecified atom stereocenters. The number of aromatic nitrogens is 1. The van der Waals surface area contributed by atoms with Crippen LogP contribution < -0.4 is 10.5 Å². The van der Waals surface area contributed by atoms with Crippen LogP contribution in [-0.4, -0.2) is 9.97 Å². The van der Waals surface area contributed by atoms with Crippen molar-refractivity contribution in [2.45, 2.75) is 13.8 Å². The number of para-hydroxylation sites is 1. The average Bonchev–Trinajstić information content (AvgIpc) is 2.30. The molecule has 0 saturated carbocycles. The van der Waals surface area contributed by atoms with E-state index < -0.39 is 0 Å². The van der Waals surface area contributed by atoms with Crippen molar-refractivity contribution in [1.29, 1.82) is 0 Å². The Kier molecular flexibility index (Phi) is 4.02. The van der Waals surface area contributed by atoms with Crippen LogP contribution in [0.15, 0.2) is 30.3 Å². The predicted octanol–water partition coefficient (Wildman–Crippen LogP) is 3.78. The Morgan fingerprint density at radius 1 is 1.32 bits per heavy atom. The largest absolute Gasteiger partial charge is 0.437 e. The third-order valence-corrected chi connectivity index (χ3v) is 3.12. The van der Waals surface area contributed by atoms with Gasteiger partial charge in [-0.15, -0.1) is 0 Å². The first-order chi connectivity index (χ1) is 8.99. The molecule has 0 saturated heterocycles. The second-order valence-corrected chi connectivity index (χ2v) is 5.00. The number of benzene rings is 1. The summed E-state index contributed by atoms with van der Waals surface area (Å²) in [5, 5.41) is 0.511. The van der Waals surface area contributed by atoms with Crippen molar-refractivity contribution in [3.05, 3.63) is 52.2 Å². The number of nitrogens with two attached hydrogens (primary N) is 1. The van der Waals surface area contributed by atoms with Crippen LogP contribution in [0.4, 0.5) is 0 Å². The van der Waals surface area contributed by atoms with Gasteiger partial charge >= 0.3 is 0 Å². The summed E-state index contributed by atoms with van der Waals surface area (Å²) in [5.74, 6) is 0.914. The molecular weight excluding hydrogens is 280 g/mol. The molecule has 2 rings (SSSR count). The molecular formula is C14H13ClN2OS. The van der Waals surface area contributed by atoms with Gasteiger partial charge in [0, 0.05) is 5.69 Å². The van der Waals surface area contributed by atoms with Gasteiger partial charge in [0.15, 0.2) is 0 Å². The Bertz CT molecular complexity index is 643. The highest BCUT2D eigenvalue weighted by Crippen LogP contribution is 2.31. The standard InChI is InChI=1S/C14H13ClN2OS/c1-8-7-9(2)17-14(12(8)13(16)19)18-11-6-4-3-5-10(11)15/h3-7H,1-2H3,(H2,16,19).